The van der Waals surface area contributed by atoms with E-state index in [4.69, 9.17) is 9.15 Å². The van der Waals surface area contributed by atoms with E-state index in [0.717, 1.165) is 49.1 Å². The average Bonchev–Trinajstić information content (AvgIpc) is 3.37. The minimum Gasteiger partial charge on any atom is -0.422 e. The van der Waals surface area contributed by atoms with Gasteiger partial charge in [-0.1, -0.05) is 38.7 Å². The third-order valence-corrected chi connectivity index (χ3v) is 10.2. The topological polar surface area (TPSA) is 76.7 Å². The highest BCUT2D eigenvalue weighted by atomic mass is 28.3. The molecule has 244 valence electrons. The van der Waals surface area contributed by atoms with Gasteiger partial charge in [-0.25, -0.2) is 13.6 Å². The second-order valence-corrected chi connectivity index (χ2v) is 18.9. The minimum absolute atomic E-state index is 0.0307. The summed E-state index contributed by atoms with van der Waals surface area (Å²) in [5.41, 5.74) is 2.78. The van der Waals surface area contributed by atoms with Gasteiger partial charge >= 0.3 is 5.63 Å². The fourth-order valence-corrected chi connectivity index (χ4v) is 6.70. The molecule has 0 atom stereocenters. The van der Waals surface area contributed by atoms with Gasteiger partial charge in [0.25, 0.3) is 0 Å². The number of nitrogens with one attached hydrogen (secondary N) is 1. The molecule has 1 aliphatic rings. The minimum atomic E-state index is -1.31. The summed E-state index contributed by atoms with van der Waals surface area (Å²) in [5.74, 6) is -0.909. The molecule has 10 heteroatoms. The first-order valence-electron chi connectivity index (χ1n) is 15.9. The maximum atomic E-state index is 14.3. The number of amides is 1. The van der Waals surface area contributed by atoms with Gasteiger partial charge in [0.15, 0.2) is 0 Å². The van der Waals surface area contributed by atoms with Crippen molar-refractivity contribution in [2.45, 2.75) is 104 Å². The van der Waals surface area contributed by atoms with Crippen molar-refractivity contribution in [3.8, 4) is 0 Å². The zero-order valence-corrected chi connectivity index (χ0v) is 28.5. The lowest BCUT2D eigenvalue weighted by molar-refractivity contribution is -0.131. The molecule has 4 rings (SSSR count). The third kappa shape index (κ3) is 8.48. The molecule has 0 aliphatic heterocycles. The van der Waals surface area contributed by atoms with Gasteiger partial charge in [0.1, 0.15) is 24.0 Å². The molecule has 1 fully saturated rings. The van der Waals surface area contributed by atoms with Crippen LogP contribution in [0.4, 0.5) is 8.78 Å². The zero-order valence-electron chi connectivity index (χ0n) is 27.5. The molecule has 0 unspecified atom stereocenters. The van der Waals surface area contributed by atoms with Gasteiger partial charge in [0.05, 0.1) is 10.9 Å². The summed E-state index contributed by atoms with van der Waals surface area (Å²) in [6, 6.07) is 7.14. The molecule has 3 aromatic rings. The van der Waals surface area contributed by atoms with Crippen LogP contribution in [0.2, 0.25) is 25.7 Å². The van der Waals surface area contributed by atoms with Crippen LogP contribution in [0.3, 0.4) is 0 Å². The van der Waals surface area contributed by atoms with E-state index in [1.165, 1.54) is 24.3 Å². The Bertz CT molecular complexity index is 1660. The second-order valence-electron chi connectivity index (χ2n) is 13.3. The predicted octanol–water partition coefficient (Wildman–Crippen LogP) is 8.17. The lowest BCUT2D eigenvalue weighted by Gasteiger charge is -2.38. The quantitative estimate of drug-likeness (QED) is 0.0884. The van der Waals surface area contributed by atoms with E-state index in [1.54, 1.807) is 4.90 Å². The summed E-state index contributed by atoms with van der Waals surface area (Å²) in [7, 11) is -1.31. The largest absolute Gasteiger partial charge is 0.422 e. The SMILES string of the molecule is C=C/C(F)=C\C(=C(C)C)N(C(=O)CC)C1CCC(NCc2cc3c(=O)oc4ccc(F)cc4c3n2COCC[Si](C)(C)C)CC1. The molecule has 1 saturated carbocycles. The maximum absolute atomic E-state index is 14.3. The maximum Gasteiger partial charge on any atom is 0.345 e. The van der Waals surface area contributed by atoms with Crippen molar-refractivity contribution >= 4 is 35.9 Å². The Morgan fingerprint density at radius 1 is 1.18 bits per heavy atom. The number of fused-ring (bicyclic) bond motifs is 3. The predicted molar refractivity (Wildman–Crippen MR) is 180 cm³/mol. The van der Waals surface area contributed by atoms with Crippen LogP contribution in [-0.4, -0.2) is 42.1 Å². The van der Waals surface area contributed by atoms with E-state index in [1.807, 2.05) is 31.4 Å². The standard InChI is InChI=1S/C35H47F2N3O4Si/c1-8-24(36)19-31(23(3)4)40(33(41)9-2)27-13-11-26(12-14-27)38-21-28-20-30-34(39(28)22-43-16-17-45(5,6)7)29-18-25(37)10-15-32(29)44-35(30)42/h8,10,15,18-20,26-27,38H,1,9,11-14,16-17,21-22H2,2-7H3/b24-19+. The van der Waals surface area contributed by atoms with Crippen LogP contribution in [0, 0.1) is 5.82 Å². The Morgan fingerprint density at radius 3 is 2.51 bits per heavy atom. The lowest BCUT2D eigenvalue weighted by atomic mass is 9.89. The number of ether oxygens (including phenoxy) is 1. The Balaban J connectivity index is 1.55. The van der Waals surface area contributed by atoms with Crippen molar-refractivity contribution in [2.75, 3.05) is 6.61 Å². The van der Waals surface area contributed by atoms with Crippen LogP contribution in [-0.2, 0) is 22.8 Å². The second kappa shape index (κ2) is 14.8. The van der Waals surface area contributed by atoms with Crippen LogP contribution in [0.25, 0.3) is 21.9 Å². The Morgan fingerprint density at radius 2 is 1.89 bits per heavy atom. The Labute approximate surface area is 265 Å². The molecule has 1 aliphatic carbocycles. The fraction of sp³-hybridized carbons (Fsp3) is 0.486. The number of benzene rings is 1. The number of allylic oxidation sites excluding steroid dienone is 4. The monoisotopic (exact) mass is 639 g/mol. The van der Waals surface area contributed by atoms with Gasteiger partial charge in [-0.2, -0.15) is 0 Å². The van der Waals surface area contributed by atoms with E-state index in [2.05, 4.69) is 31.5 Å². The number of rotatable bonds is 13. The first kappa shape index (κ1) is 34.5. The number of nitrogens with zero attached hydrogens (tertiary/aromatic N) is 2. The van der Waals surface area contributed by atoms with E-state index < -0.39 is 25.3 Å². The molecule has 0 saturated heterocycles. The highest BCUT2D eigenvalue weighted by molar-refractivity contribution is 6.76. The number of halogens is 2. The molecule has 0 bridgehead atoms. The Hall–Kier alpha value is -3.34. The molecule has 0 radical (unpaired) electrons. The molecule has 2 aromatic heterocycles. The van der Waals surface area contributed by atoms with Gasteiger partial charge < -0.3 is 23.9 Å². The Kier molecular flexibility index (Phi) is 11.4. The summed E-state index contributed by atoms with van der Waals surface area (Å²) < 4.78 is 42.2. The van der Waals surface area contributed by atoms with Crippen molar-refractivity contribution in [1.82, 2.24) is 14.8 Å². The average molecular weight is 640 g/mol. The summed E-state index contributed by atoms with van der Waals surface area (Å²) >= 11 is 0. The van der Waals surface area contributed by atoms with Crippen molar-refractivity contribution < 1.29 is 22.7 Å². The van der Waals surface area contributed by atoms with Gasteiger partial charge in [-0.05, 0) is 82.0 Å². The van der Waals surface area contributed by atoms with Gasteiger partial charge in [-0.3, -0.25) is 4.79 Å². The van der Waals surface area contributed by atoms with E-state index in [0.29, 0.717) is 47.1 Å². The lowest BCUT2D eigenvalue weighted by Crippen LogP contribution is -2.44. The van der Waals surface area contributed by atoms with Gasteiger partial charge in [0.2, 0.25) is 5.91 Å². The number of hydrogen-bond donors (Lipinski definition) is 1. The van der Waals surface area contributed by atoms with Gasteiger partial charge in [0, 0.05) is 56.5 Å². The van der Waals surface area contributed by atoms with Crippen LogP contribution in [0.5, 0.6) is 0 Å². The summed E-state index contributed by atoms with van der Waals surface area (Å²) in [6.45, 7) is 17.3. The summed E-state index contributed by atoms with van der Waals surface area (Å²) in [4.78, 5) is 27.8. The molecule has 45 heavy (non-hydrogen) atoms. The van der Waals surface area contributed by atoms with Crippen LogP contribution < -0.4 is 10.9 Å². The third-order valence-electron chi connectivity index (χ3n) is 8.47. The summed E-state index contributed by atoms with van der Waals surface area (Å²) in [5, 5.41) is 4.58. The van der Waals surface area contributed by atoms with Crippen LogP contribution in [0.1, 0.15) is 58.6 Å². The molecule has 7 nitrogen and oxygen atoms in total. The van der Waals surface area contributed by atoms with Crippen molar-refractivity contribution in [3.63, 3.8) is 0 Å². The normalized spacial score (nSPS) is 17.6. The molecule has 0 spiro atoms. The van der Waals surface area contributed by atoms with Crippen LogP contribution >= 0.6 is 0 Å². The van der Waals surface area contributed by atoms with Crippen molar-refractivity contribution in [1.29, 1.82) is 0 Å². The van der Waals surface area contributed by atoms with E-state index >= 15 is 0 Å². The molecular weight excluding hydrogens is 592 g/mol. The van der Waals surface area contributed by atoms with Crippen LogP contribution in [0.15, 0.2) is 69.3 Å². The fourth-order valence-electron chi connectivity index (χ4n) is 5.94. The van der Waals surface area contributed by atoms with E-state index in [9.17, 15) is 18.4 Å². The molecular formula is C35H47F2N3O4Si. The molecule has 2 heterocycles. The summed E-state index contributed by atoms with van der Waals surface area (Å²) in [6.07, 6.45) is 6.06. The first-order chi connectivity index (χ1) is 21.3. The zero-order chi connectivity index (χ0) is 32.9. The highest BCUT2D eigenvalue weighted by Gasteiger charge is 2.31. The number of hydrogen-bond acceptors (Lipinski definition) is 5. The number of carbonyl (C=O) groups is 1. The highest BCUT2D eigenvalue weighted by Crippen LogP contribution is 2.31. The van der Waals surface area contributed by atoms with Gasteiger partial charge in [-0.15, -0.1) is 0 Å². The smallest absolute Gasteiger partial charge is 0.345 e. The number of aromatic nitrogens is 1. The molecule has 1 amide bonds. The first-order valence-corrected chi connectivity index (χ1v) is 19.6. The molecule has 1 aromatic carbocycles. The van der Waals surface area contributed by atoms with Crippen molar-refractivity contribution in [2.24, 2.45) is 0 Å². The number of carbonyl (C=O) groups excluding carboxylic acids is 1. The van der Waals surface area contributed by atoms with Crippen molar-refractivity contribution in [3.05, 3.63) is 82.0 Å². The van der Waals surface area contributed by atoms with E-state index in [-0.39, 0.29) is 24.7 Å². The molecule has 1 N–H and O–H groups in total.